The third-order valence-electron chi connectivity index (χ3n) is 8.56. The number of carbonyl (C=O) groups is 1. The fraction of sp³-hybridized carbons (Fsp3) is 0.452. The van der Waals surface area contributed by atoms with Crippen molar-refractivity contribution in [3.63, 3.8) is 0 Å². The van der Waals surface area contributed by atoms with E-state index < -0.39 is 0 Å². The molecule has 1 heterocycles. The largest absolute Gasteiger partial charge is 0.325 e. The normalized spacial score (nSPS) is 18.7. The lowest BCUT2D eigenvalue weighted by Gasteiger charge is -2.42. The van der Waals surface area contributed by atoms with E-state index in [1.54, 1.807) is 0 Å². The number of thioether (sulfide) groups is 1. The highest BCUT2D eigenvalue weighted by atomic mass is 32.2. The smallest absolute Gasteiger partial charge is 0.258 e. The molecule has 0 saturated heterocycles. The van der Waals surface area contributed by atoms with Gasteiger partial charge < -0.3 is 5.32 Å². The second kappa shape index (κ2) is 10.5. The maximum atomic E-state index is 14.6. The fourth-order valence-corrected chi connectivity index (χ4v) is 7.67. The van der Waals surface area contributed by atoms with Crippen LogP contribution in [0.2, 0.25) is 0 Å². The molecule has 0 radical (unpaired) electrons. The van der Waals surface area contributed by atoms with Crippen LogP contribution in [0.4, 0.5) is 5.69 Å². The third kappa shape index (κ3) is 4.76. The lowest BCUT2D eigenvalue weighted by molar-refractivity contribution is -0.113. The molecule has 2 fully saturated rings. The Bertz CT molecular complexity index is 1340. The number of benzene rings is 2. The summed E-state index contributed by atoms with van der Waals surface area (Å²) in [4.78, 5) is 32.7. The number of hydrogen-bond donors (Lipinski definition) is 1. The number of nitrogens with one attached hydrogen (secondary N) is 1. The topological polar surface area (TPSA) is 64.0 Å². The van der Waals surface area contributed by atoms with E-state index in [-0.39, 0.29) is 28.7 Å². The number of anilines is 1. The van der Waals surface area contributed by atoms with Crippen molar-refractivity contribution in [1.29, 1.82) is 0 Å². The zero-order valence-corrected chi connectivity index (χ0v) is 22.2. The number of hydrogen-bond acceptors (Lipinski definition) is 4. The van der Waals surface area contributed by atoms with Gasteiger partial charge in [0.15, 0.2) is 5.16 Å². The van der Waals surface area contributed by atoms with Gasteiger partial charge in [-0.25, -0.2) is 4.98 Å². The minimum Gasteiger partial charge on any atom is -0.325 e. The Morgan fingerprint density at radius 2 is 1.65 bits per heavy atom. The van der Waals surface area contributed by atoms with Crippen LogP contribution < -0.4 is 10.9 Å². The Balaban J connectivity index is 1.43. The van der Waals surface area contributed by atoms with Gasteiger partial charge in [0.25, 0.3) is 5.56 Å². The molecule has 0 unspecified atom stereocenters. The molecule has 192 valence electrons. The first-order valence-corrected chi connectivity index (χ1v) is 14.9. The van der Waals surface area contributed by atoms with Crippen LogP contribution in [0.15, 0.2) is 64.5 Å². The molecule has 5 nitrogen and oxygen atoms in total. The van der Waals surface area contributed by atoms with Crippen LogP contribution in [0.5, 0.6) is 0 Å². The van der Waals surface area contributed by atoms with Gasteiger partial charge in [-0.1, -0.05) is 92.8 Å². The number of nitrogens with zero attached hydrogens (tertiary/aromatic N) is 2. The molecule has 1 N–H and O–H groups in total. The van der Waals surface area contributed by atoms with Crippen molar-refractivity contribution in [1.82, 2.24) is 9.55 Å². The summed E-state index contributed by atoms with van der Waals surface area (Å²) < 4.78 is 2.00. The van der Waals surface area contributed by atoms with Gasteiger partial charge in [0.1, 0.15) is 0 Å². The Kier molecular flexibility index (Phi) is 6.94. The first-order chi connectivity index (χ1) is 18.1. The quantitative estimate of drug-likeness (QED) is 0.298. The van der Waals surface area contributed by atoms with Crippen LogP contribution in [0.3, 0.4) is 0 Å². The Hall–Kier alpha value is -2.86. The molecule has 0 atom stereocenters. The number of para-hydroxylation sites is 1. The lowest BCUT2D eigenvalue weighted by atomic mass is 9.62. The highest BCUT2D eigenvalue weighted by Crippen LogP contribution is 2.49. The van der Waals surface area contributed by atoms with Gasteiger partial charge in [-0.3, -0.25) is 14.2 Å². The lowest BCUT2D eigenvalue weighted by Crippen LogP contribution is -2.44. The predicted molar refractivity (Wildman–Crippen MR) is 150 cm³/mol. The Morgan fingerprint density at radius 1 is 0.946 bits per heavy atom. The molecule has 3 aliphatic carbocycles. The number of fused-ring (bicyclic) bond motifs is 4. The summed E-state index contributed by atoms with van der Waals surface area (Å²) in [5, 5.41) is 3.67. The van der Waals surface area contributed by atoms with E-state index in [2.05, 4.69) is 29.6 Å². The highest BCUT2D eigenvalue weighted by molar-refractivity contribution is 7.99. The van der Waals surface area contributed by atoms with E-state index in [1.165, 1.54) is 43.0 Å². The summed E-state index contributed by atoms with van der Waals surface area (Å²) in [6.45, 7) is 0. The summed E-state index contributed by atoms with van der Waals surface area (Å²) in [6.07, 6.45) is 12.1. The number of rotatable bonds is 5. The standard InChI is InChI=1S/C31H35N3O2S/c35-26(32-23-13-4-1-5-14-23)21-37-30-33-28-25-17-9-8-12-22(25)20-31(18-10-3-11-19-31)27(28)29(36)34(30)24-15-6-2-7-16-24/h1,4-5,8-9,12-14,17,24H,2-3,6-7,10-11,15-16,18-21H2,(H,32,35). The van der Waals surface area contributed by atoms with E-state index in [1.807, 2.05) is 34.9 Å². The SMILES string of the molecule is O=C(CSc1nc2c(c(=O)n1C1CCCCC1)C1(CCCCC1)Cc1ccccc1-2)Nc1ccccc1. The molecular formula is C31H35N3O2S. The van der Waals surface area contributed by atoms with Crippen molar-refractivity contribution in [3.8, 4) is 11.3 Å². The van der Waals surface area contributed by atoms with Crippen LogP contribution in [-0.4, -0.2) is 21.2 Å². The van der Waals surface area contributed by atoms with Crippen molar-refractivity contribution in [2.45, 2.75) is 87.2 Å². The van der Waals surface area contributed by atoms with Gasteiger partial charge in [-0.2, -0.15) is 0 Å². The van der Waals surface area contributed by atoms with Gasteiger partial charge >= 0.3 is 0 Å². The van der Waals surface area contributed by atoms with E-state index >= 15 is 0 Å². The molecule has 0 aliphatic heterocycles. The molecule has 0 bridgehead atoms. The zero-order valence-electron chi connectivity index (χ0n) is 21.4. The molecule has 2 aromatic carbocycles. The van der Waals surface area contributed by atoms with Gasteiger partial charge in [-0.15, -0.1) is 0 Å². The van der Waals surface area contributed by atoms with Crippen molar-refractivity contribution in [2.24, 2.45) is 0 Å². The molecule has 1 aromatic heterocycles. The maximum Gasteiger partial charge on any atom is 0.258 e. The van der Waals surface area contributed by atoms with Gasteiger partial charge in [0.2, 0.25) is 5.91 Å². The van der Waals surface area contributed by atoms with Crippen molar-refractivity contribution >= 4 is 23.4 Å². The van der Waals surface area contributed by atoms with Crippen LogP contribution in [-0.2, 0) is 16.6 Å². The zero-order chi connectivity index (χ0) is 25.2. The minimum atomic E-state index is -0.115. The van der Waals surface area contributed by atoms with Crippen molar-refractivity contribution in [3.05, 3.63) is 76.1 Å². The highest BCUT2D eigenvalue weighted by Gasteiger charge is 2.44. The maximum absolute atomic E-state index is 14.6. The van der Waals surface area contributed by atoms with E-state index in [9.17, 15) is 9.59 Å². The Labute approximate surface area is 223 Å². The second-order valence-corrected chi connectivity index (χ2v) is 11.9. The van der Waals surface area contributed by atoms with E-state index in [0.717, 1.165) is 67.5 Å². The summed E-state index contributed by atoms with van der Waals surface area (Å²) in [6, 6.07) is 18.2. The first kappa shape index (κ1) is 24.5. The molecule has 6 heteroatoms. The summed E-state index contributed by atoms with van der Waals surface area (Å²) in [5.74, 6) is 0.141. The van der Waals surface area contributed by atoms with Gasteiger partial charge in [-0.05, 0) is 49.8 Å². The summed E-state index contributed by atoms with van der Waals surface area (Å²) >= 11 is 1.40. The van der Waals surface area contributed by atoms with Crippen molar-refractivity contribution < 1.29 is 4.79 Å². The molecule has 3 aliphatic rings. The Morgan fingerprint density at radius 3 is 2.43 bits per heavy atom. The van der Waals surface area contributed by atoms with Crippen LogP contribution in [0.25, 0.3) is 11.3 Å². The molecule has 1 amide bonds. The molecule has 37 heavy (non-hydrogen) atoms. The summed E-state index contributed by atoms with van der Waals surface area (Å²) in [5.41, 5.74) is 5.04. The number of amides is 1. The van der Waals surface area contributed by atoms with Crippen LogP contribution in [0, 0.1) is 0 Å². The van der Waals surface area contributed by atoms with Crippen LogP contribution in [0.1, 0.15) is 81.4 Å². The monoisotopic (exact) mass is 513 g/mol. The average Bonchev–Trinajstić information content (AvgIpc) is 2.93. The number of carbonyl (C=O) groups excluding carboxylic acids is 1. The molecule has 3 aromatic rings. The average molecular weight is 514 g/mol. The van der Waals surface area contributed by atoms with Crippen molar-refractivity contribution in [2.75, 3.05) is 11.1 Å². The second-order valence-electron chi connectivity index (χ2n) is 11.0. The van der Waals surface area contributed by atoms with E-state index in [4.69, 9.17) is 4.98 Å². The molecule has 1 spiro atoms. The number of aromatic nitrogens is 2. The molecule has 2 saturated carbocycles. The fourth-order valence-electron chi connectivity index (χ4n) is 6.81. The van der Waals surface area contributed by atoms with Gasteiger partial charge in [0, 0.05) is 22.7 Å². The van der Waals surface area contributed by atoms with Gasteiger partial charge in [0.05, 0.1) is 17.0 Å². The van der Waals surface area contributed by atoms with E-state index in [0.29, 0.717) is 5.16 Å². The molecule has 6 rings (SSSR count). The third-order valence-corrected chi connectivity index (χ3v) is 9.51. The predicted octanol–water partition coefficient (Wildman–Crippen LogP) is 6.90. The van der Waals surface area contributed by atoms with Crippen LogP contribution >= 0.6 is 11.8 Å². The minimum absolute atomic E-state index is 0.0810. The first-order valence-electron chi connectivity index (χ1n) is 13.9. The summed E-state index contributed by atoms with van der Waals surface area (Å²) in [7, 11) is 0. The molecular weight excluding hydrogens is 478 g/mol.